The lowest BCUT2D eigenvalue weighted by molar-refractivity contribution is -0.139. The number of sulfonamides is 1. The molecule has 0 heterocycles. The number of ether oxygens (including phenoxy) is 1. The van der Waals surface area contributed by atoms with Crippen LogP contribution in [0, 0.1) is 6.92 Å². The van der Waals surface area contributed by atoms with E-state index in [0.29, 0.717) is 12.8 Å². The largest absolute Gasteiger partial charge is 0.480 e. The Kier molecular flexibility index (Phi) is 12.6. The number of aliphatic carboxylic acids is 1. The number of rotatable bonds is 11. The maximum Gasteiger partial charge on any atom is 0.408 e. The highest BCUT2D eigenvalue weighted by atomic mass is 32.2. The summed E-state index contributed by atoms with van der Waals surface area (Å²) in [6.07, 6.45) is 0.226. The minimum Gasteiger partial charge on any atom is -0.480 e. The van der Waals surface area contributed by atoms with Gasteiger partial charge in [0.2, 0.25) is 10.0 Å². The van der Waals surface area contributed by atoms with Crippen LogP contribution in [-0.4, -0.2) is 43.8 Å². The maximum absolute atomic E-state index is 12.1. The first-order chi connectivity index (χ1) is 18.9. The average molecular weight is 570 g/mol. The molecule has 0 aliphatic carbocycles. The molecule has 3 rings (SSSR count). The first kappa shape index (κ1) is 32.3. The summed E-state index contributed by atoms with van der Waals surface area (Å²) in [6, 6.07) is 25.7. The number of alkyl carbamates (subject to hydrolysis) is 1. The predicted molar refractivity (Wildman–Crippen MR) is 157 cm³/mol. The summed E-state index contributed by atoms with van der Waals surface area (Å²) >= 11 is 0. The van der Waals surface area contributed by atoms with Crippen molar-refractivity contribution in [1.29, 1.82) is 0 Å². The van der Waals surface area contributed by atoms with E-state index in [1.54, 1.807) is 32.9 Å². The van der Waals surface area contributed by atoms with Gasteiger partial charge in [-0.1, -0.05) is 54.1 Å². The molecule has 0 aliphatic rings. The van der Waals surface area contributed by atoms with Crippen molar-refractivity contribution in [3.05, 3.63) is 90.5 Å². The fourth-order valence-electron chi connectivity index (χ4n) is 3.40. The maximum atomic E-state index is 12.1. The second-order valence-corrected chi connectivity index (χ2v) is 11.9. The molecule has 0 spiro atoms. The van der Waals surface area contributed by atoms with Crippen LogP contribution in [-0.2, 0) is 19.6 Å². The Hall–Kier alpha value is -3.89. The lowest BCUT2D eigenvalue weighted by Gasteiger charge is -2.22. The zero-order chi connectivity index (χ0) is 29.6. The van der Waals surface area contributed by atoms with Crippen LogP contribution >= 0.6 is 0 Å². The molecule has 0 bridgehead atoms. The van der Waals surface area contributed by atoms with Gasteiger partial charge in [0.1, 0.15) is 11.6 Å². The fraction of sp³-hybridized carbons (Fsp3) is 0.333. The zero-order valence-electron chi connectivity index (χ0n) is 23.4. The van der Waals surface area contributed by atoms with E-state index in [0.717, 1.165) is 16.9 Å². The van der Waals surface area contributed by atoms with E-state index in [4.69, 9.17) is 4.74 Å². The molecule has 1 amide bonds. The minimum atomic E-state index is -3.59. The molecule has 4 N–H and O–H groups in total. The van der Waals surface area contributed by atoms with Crippen molar-refractivity contribution in [2.45, 2.75) is 63.5 Å². The molecule has 1 atom stereocenters. The molecule has 40 heavy (non-hydrogen) atoms. The van der Waals surface area contributed by atoms with E-state index in [2.05, 4.69) is 15.4 Å². The van der Waals surface area contributed by atoms with E-state index in [1.165, 1.54) is 12.1 Å². The van der Waals surface area contributed by atoms with Gasteiger partial charge >= 0.3 is 12.1 Å². The summed E-state index contributed by atoms with van der Waals surface area (Å²) in [7, 11) is -3.59. The van der Waals surface area contributed by atoms with Gasteiger partial charge in [0.05, 0.1) is 4.90 Å². The van der Waals surface area contributed by atoms with Gasteiger partial charge in [-0.2, -0.15) is 0 Å². The predicted octanol–water partition coefficient (Wildman–Crippen LogP) is 5.85. The van der Waals surface area contributed by atoms with Crippen molar-refractivity contribution in [2.75, 3.05) is 11.9 Å². The quantitative estimate of drug-likeness (QED) is 0.213. The number of carboxylic acids is 1. The van der Waals surface area contributed by atoms with Gasteiger partial charge in [-0.15, -0.1) is 0 Å². The number of carbonyl (C=O) groups excluding carboxylic acids is 1. The monoisotopic (exact) mass is 569 g/mol. The van der Waals surface area contributed by atoms with Crippen molar-refractivity contribution < 1.29 is 27.9 Å². The molecule has 0 radical (unpaired) electrons. The Morgan fingerprint density at radius 2 is 1.38 bits per heavy atom. The Morgan fingerprint density at radius 1 is 0.850 bits per heavy atom. The highest BCUT2D eigenvalue weighted by molar-refractivity contribution is 7.89. The minimum absolute atomic E-state index is 0.167. The molecule has 1 unspecified atom stereocenters. The molecule has 0 saturated carbocycles. The van der Waals surface area contributed by atoms with E-state index in [-0.39, 0.29) is 17.9 Å². The molecule has 3 aromatic carbocycles. The number of hydrogen-bond acceptors (Lipinski definition) is 6. The highest BCUT2D eigenvalue weighted by Gasteiger charge is 2.23. The van der Waals surface area contributed by atoms with Gasteiger partial charge < -0.3 is 20.5 Å². The molecule has 10 heteroatoms. The molecule has 0 saturated heterocycles. The molecule has 0 aromatic heterocycles. The van der Waals surface area contributed by atoms with Crippen LogP contribution in [0.3, 0.4) is 0 Å². The number of aryl methyl sites for hydroxylation is 1. The van der Waals surface area contributed by atoms with Gasteiger partial charge in [-0.25, -0.2) is 22.7 Å². The Balaban J connectivity index is 0.000000355. The van der Waals surface area contributed by atoms with Crippen LogP contribution in [0.2, 0.25) is 0 Å². The lowest BCUT2D eigenvalue weighted by atomic mass is 10.1. The van der Waals surface area contributed by atoms with Crippen LogP contribution in [0.5, 0.6) is 0 Å². The lowest BCUT2D eigenvalue weighted by Crippen LogP contribution is -2.43. The standard InChI is InChI=1S/C18H28N2O6S.C12H11N/c1-13-8-10-14(11-9-13)27(24,25)19-12-6-5-7-15(16(21)22)20-17(23)26-18(2,3)4;1-3-7-11(8-4-1)13-12-9-5-2-6-10-12/h8-11,15,19H,5-7,12H2,1-4H3,(H,20,23)(H,21,22);1-10,13H. The first-order valence-corrected chi connectivity index (χ1v) is 14.5. The smallest absolute Gasteiger partial charge is 0.408 e. The fourth-order valence-corrected chi connectivity index (χ4v) is 4.47. The van der Waals surface area contributed by atoms with Crippen LogP contribution in [0.25, 0.3) is 0 Å². The Labute approximate surface area is 237 Å². The van der Waals surface area contributed by atoms with Gasteiger partial charge in [-0.05, 0) is 83.4 Å². The van der Waals surface area contributed by atoms with E-state index >= 15 is 0 Å². The van der Waals surface area contributed by atoms with Crippen molar-refractivity contribution >= 4 is 33.5 Å². The van der Waals surface area contributed by atoms with E-state index < -0.39 is 33.7 Å². The summed E-state index contributed by atoms with van der Waals surface area (Å²) in [5.41, 5.74) is 2.48. The number of anilines is 2. The number of carboxylic acid groups (broad SMARTS) is 1. The molecule has 3 aromatic rings. The third-order valence-corrected chi connectivity index (χ3v) is 6.85. The molecular formula is C30H39N3O6S. The topological polar surface area (TPSA) is 134 Å². The third-order valence-electron chi connectivity index (χ3n) is 5.37. The molecule has 216 valence electrons. The van der Waals surface area contributed by atoms with Crippen molar-refractivity contribution in [1.82, 2.24) is 10.0 Å². The number of amides is 1. The van der Waals surface area contributed by atoms with Crippen molar-refractivity contribution in [3.63, 3.8) is 0 Å². The second-order valence-electron chi connectivity index (χ2n) is 10.1. The molecule has 0 fully saturated rings. The zero-order valence-corrected chi connectivity index (χ0v) is 24.2. The Bertz CT molecular complexity index is 1260. The van der Waals surface area contributed by atoms with Crippen LogP contribution in [0.15, 0.2) is 89.8 Å². The number of unbranched alkanes of at least 4 members (excludes halogenated alkanes) is 1. The second kappa shape index (κ2) is 15.6. The summed E-state index contributed by atoms with van der Waals surface area (Å²) in [5, 5.41) is 14.8. The van der Waals surface area contributed by atoms with Gasteiger partial charge in [0.25, 0.3) is 0 Å². The number of carbonyl (C=O) groups is 2. The number of nitrogens with one attached hydrogen (secondary N) is 3. The van der Waals surface area contributed by atoms with Crippen LogP contribution in [0.1, 0.15) is 45.6 Å². The molecular weight excluding hydrogens is 530 g/mol. The summed E-state index contributed by atoms with van der Waals surface area (Å²) in [6.45, 7) is 7.09. The van der Waals surface area contributed by atoms with Crippen molar-refractivity contribution in [2.24, 2.45) is 0 Å². The van der Waals surface area contributed by atoms with Gasteiger partial charge in [0, 0.05) is 17.9 Å². The number of para-hydroxylation sites is 2. The Morgan fingerprint density at radius 3 is 1.85 bits per heavy atom. The summed E-state index contributed by atoms with van der Waals surface area (Å²) < 4.78 is 31.8. The molecule has 0 aliphatic heterocycles. The van der Waals surface area contributed by atoms with Crippen molar-refractivity contribution in [3.8, 4) is 0 Å². The van der Waals surface area contributed by atoms with E-state index in [1.807, 2.05) is 67.6 Å². The van der Waals surface area contributed by atoms with Gasteiger partial charge in [-0.3, -0.25) is 0 Å². The van der Waals surface area contributed by atoms with Crippen LogP contribution in [0.4, 0.5) is 16.2 Å². The average Bonchev–Trinajstić information content (AvgIpc) is 2.88. The normalized spacial score (nSPS) is 11.9. The van der Waals surface area contributed by atoms with E-state index in [9.17, 15) is 23.1 Å². The SMILES string of the molecule is Cc1ccc(S(=O)(=O)NCCCCC(NC(=O)OC(C)(C)C)C(=O)O)cc1.c1ccc(Nc2ccccc2)cc1. The summed E-state index contributed by atoms with van der Waals surface area (Å²) in [5.74, 6) is -1.17. The molecule has 9 nitrogen and oxygen atoms in total. The third kappa shape index (κ3) is 12.8. The first-order valence-electron chi connectivity index (χ1n) is 13.0. The van der Waals surface area contributed by atoms with Gasteiger partial charge in [0.15, 0.2) is 0 Å². The number of benzene rings is 3. The van der Waals surface area contributed by atoms with Crippen LogP contribution < -0.4 is 15.4 Å². The highest BCUT2D eigenvalue weighted by Crippen LogP contribution is 2.15. The summed E-state index contributed by atoms with van der Waals surface area (Å²) in [4.78, 5) is 23.1. The number of hydrogen-bond donors (Lipinski definition) is 4.